The van der Waals surface area contributed by atoms with Crippen LogP contribution in [0.3, 0.4) is 0 Å². The van der Waals surface area contributed by atoms with Crippen LogP contribution in [0.25, 0.3) is 0 Å². The molecule has 0 aliphatic rings. The molecule has 1 atom stereocenters. The van der Waals surface area contributed by atoms with Gasteiger partial charge in [-0.15, -0.1) is 0 Å². The van der Waals surface area contributed by atoms with Gasteiger partial charge in [0.2, 0.25) is 0 Å². The molecule has 2 amide bonds. The lowest BCUT2D eigenvalue weighted by molar-refractivity contribution is -0.127. The van der Waals surface area contributed by atoms with E-state index in [1.807, 2.05) is 30.3 Å². The molecule has 2 aromatic rings. The normalized spacial score (nSPS) is 11.2. The van der Waals surface area contributed by atoms with E-state index in [-0.39, 0.29) is 19.6 Å². The van der Waals surface area contributed by atoms with Crippen LogP contribution in [0.15, 0.2) is 54.6 Å². The summed E-state index contributed by atoms with van der Waals surface area (Å²) in [6.07, 6.45) is -2.59. The van der Waals surface area contributed by atoms with Gasteiger partial charge in [-0.1, -0.05) is 42.5 Å². The van der Waals surface area contributed by atoms with Crippen molar-refractivity contribution in [3.05, 3.63) is 65.7 Å². The second-order valence-electron chi connectivity index (χ2n) is 5.78. The van der Waals surface area contributed by atoms with Crippen LogP contribution in [0.2, 0.25) is 0 Å². The number of hydrogen-bond acceptors (Lipinski definition) is 6. The van der Waals surface area contributed by atoms with Crippen LogP contribution >= 0.6 is 0 Å². The molecule has 0 aliphatic heterocycles. The molecule has 8 heteroatoms. The number of nitrogens with one attached hydrogen (secondary N) is 1. The van der Waals surface area contributed by atoms with E-state index in [2.05, 4.69) is 10.1 Å². The molecule has 1 unspecified atom stereocenters. The van der Waals surface area contributed by atoms with Crippen molar-refractivity contribution in [1.29, 1.82) is 0 Å². The molecule has 8 nitrogen and oxygen atoms in total. The zero-order chi connectivity index (χ0) is 20.4. The van der Waals surface area contributed by atoms with Crippen molar-refractivity contribution in [3.63, 3.8) is 0 Å². The Hall–Kier alpha value is -3.55. The number of carbonyl (C=O) groups excluding carboxylic acids is 3. The molecule has 0 bridgehead atoms. The largest absolute Gasteiger partial charge is 0.509 e. The lowest BCUT2D eigenvalue weighted by Gasteiger charge is -2.14. The van der Waals surface area contributed by atoms with Crippen molar-refractivity contribution in [2.24, 2.45) is 5.73 Å². The van der Waals surface area contributed by atoms with Gasteiger partial charge in [-0.25, -0.2) is 9.59 Å². The van der Waals surface area contributed by atoms with Gasteiger partial charge >= 0.3 is 12.2 Å². The first-order valence-electron chi connectivity index (χ1n) is 8.67. The van der Waals surface area contributed by atoms with Crippen LogP contribution in [0, 0.1) is 0 Å². The lowest BCUT2D eigenvalue weighted by atomic mass is 10.1. The standard InChI is InChI=1S/C20H22N2O6/c1-2-26-20(25)28-17(18(21)23)12-14-8-10-16(11-9-14)22-19(24)27-13-15-6-4-3-5-7-15/h3-11,17H,2,12-13H2,1H3,(H2,21,23)(H,22,24). The van der Waals surface area contributed by atoms with Gasteiger partial charge in [-0.2, -0.15) is 0 Å². The summed E-state index contributed by atoms with van der Waals surface area (Å²) in [4.78, 5) is 34.7. The minimum atomic E-state index is -1.14. The lowest BCUT2D eigenvalue weighted by Crippen LogP contribution is -2.35. The van der Waals surface area contributed by atoms with Crippen molar-refractivity contribution in [2.45, 2.75) is 26.1 Å². The summed E-state index contributed by atoms with van der Waals surface area (Å²) in [7, 11) is 0. The van der Waals surface area contributed by atoms with Gasteiger partial charge in [0.25, 0.3) is 5.91 Å². The number of hydrogen-bond donors (Lipinski definition) is 2. The third kappa shape index (κ3) is 6.99. The SMILES string of the molecule is CCOC(=O)OC(Cc1ccc(NC(=O)OCc2ccccc2)cc1)C(N)=O. The van der Waals surface area contributed by atoms with E-state index >= 15 is 0 Å². The first kappa shape index (κ1) is 20.8. The van der Waals surface area contributed by atoms with E-state index in [1.165, 1.54) is 0 Å². The van der Waals surface area contributed by atoms with E-state index < -0.39 is 24.3 Å². The molecule has 0 radical (unpaired) electrons. The highest BCUT2D eigenvalue weighted by Crippen LogP contribution is 2.13. The van der Waals surface area contributed by atoms with Gasteiger partial charge < -0.3 is 19.9 Å². The number of nitrogens with two attached hydrogens (primary N) is 1. The fourth-order valence-electron chi connectivity index (χ4n) is 2.28. The number of ether oxygens (including phenoxy) is 3. The maximum absolute atomic E-state index is 11.9. The molecule has 0 fully saturated rings. The molecular formula is C20H22N2O6. The molecule has 0 saturated carbocycles. The number of primary amides is 1. The van der Waals surface area contributed by atoms with Gasteiger partial charge in [0.1, 0.15) is 6.61 Å². The van der Waals surface area contributed by atoms with Crippen LogP contribution in [0.5, 0.6) is 0 Å². The molecule has 28 heavy (non-hydrogen) atoms. The quantitative estimate of drug-likeness (QED) is 0.674. The molecule has 0 aromatic heterocycles. The van der Waals surface area contributed by atoms with Gasteiger partial charge in [-0.3, -0.25) is 10.1 Å². The van der Waals surface area contributed by atoms with Gasteiger partial charge in [-0.05, 0) is 30.2 Å². The Balaban J connectivity index is 1.86. The van der Waals surface area contributed by atoms with E-state index in [1.54, 1.807) is 31.2 Å². The van der Waals surface area contributed by atoms with Crippen LogP contribution in [0.1, 0.15) is 18.1 Å². The summed E-state index contributed by atoms with van der Waals surface area (Å²) >= 11 is 0. The Morgan fingerprint density at radius 1 is 0.964 bits per heavy atom. The van der Waals surface area contributed by atoms with E-state index in [4.69, 9.17) is 15.2 Å². The minimum Gasteiger partial charge on any atom is -0.444 e. The van der Waals surface area contributed by atoms with Crippen molar-refractivity contribution in [3.8, 4) is 0 Å². The number of benzene rings is 2. The average Bonchev–Trinajstić information content (AvgIpc) is 2.68. The average molecular weight is 386 g/mol. The van der Waals surface area contributed by atoms with Crippen molar-refractivity contribution in [2.75, 3.05) is 11.9 Å². The van der Waals surface area contributed by atoms with Crippen LogP contribution in [-0.2, 0) is 32.0 Å². The summed E-state index contributed by atoms with van der Waals surface area (Å²) in [5, 5.41) is 2.61. The van der Waals surface area contributed by atoms with Crippen LogP contribution < -0.4 is 11.1 Å². The number of anilines is 1. The van der Waals surface area contributed by atoms with Gasteiger partial charge in [0.15, 0.2) is 6.10 Å². The number of amides is 2. The molecule has 2 rings (SSSR count). The molecule has 3 N–H and O–H groups in total. The minimum absolute atomic E-state index is 0.0902. The fraction of sp³-hybridized carbons (Fsp3) is 0.250. The predicted molar refractivity (Wildman–Crippen MR) is 101 cm³/mol. The zero-order valence-corrected chi connectivity index (χ0v) is 15.4. The first-order chi connectivity index (χ1) is 13.5. The molecular weight excluding hydrogens is 364 g/mol. The van der Waals surface area contributed by atoms with Crippen LogP contribution in [-0.4, -0.2) is 30.9 Å². The topological polar surface area (TPSA) is 117 Å². The van der Waals surface area contributed by atoms with E-state index in [0.29, 0.717) is 11.3 Å². The monoisotopic (exact) mass is 386 g/mol. The fourth-order valence-corrected chi connectivity index (χ4v) is 2.28. The summed E-state index contributed by atoms with van der Waals surface area (Å²) in [5.41, 5.74) is 7.35. The van der Waals surface area contributed by atoms with Gasteiger partial charge in [0.05, 0.1) is 6.61 Å². The summed E-state index contributed by atoms with van der Waals surface area (Å²) < 4.78 is 14.7. The third-order valence-corrected chi connectivity index (χ3v) is 3.65. The highest BCUT2D eigenvalue weighted by molar-refractivity contribution is 5.84. The van der Waals surface area contributed by atoms with Crippen LogP contribution in [0.4, 0.5) is 15.3 Å². The highest BCUT2D eigenvalue weighted by atomic mass is 16.7. The van der Waals surface area contributed by atoms with E-state index in [9.17, 15) is 14.4 Å². The molecule has 0 aliphatic carbocycles. The predicted octanol–water partition coefficient (Wildman–Crippen LogP) is 3.00. The Bertz CT molecular complexity index is 792. The van der Waals surface area contributed by atoms with Crippen molar-refractivity contribution >= 4 is 23.8 Å². The molecule has 0 saturated heterocycles. The molecule has 0 heterocycles. The number of carbonyl (C=O) groups is 3. The molecule has 148 valence electrons. The Kier molecular flexibility index (Phi) is 7.83. The maximum atomic E-state index is 11.9. The smallest absolute Gasteiger partial charge is 0.444 e. The Morgan fingerprint density at radius 3 is 2.25 bits per heavy atom. The summed E-state index contributed by atoms with van der Waals surface area (Å²) in [6.45, 7) is 1.92. The molecule has 2 aromatic carbocycles. The van der Waals surface area contributed by atoms with Gasteiger partial charge in [0, 0.05) is 12.1 Å². The number of rotatable bonds is 8. The Labute approximate surface area is 162 Å². The summed E-state index contributed by atoms with van der Waals surface area (Å²) in [5.74, 6) is -0.778. The second kappa shape index (κ2) is 10.6. The van der Waals surface area contributed by atoms with Crippen molar-refractivity contribution in [1.82, 2.24) is 0 Å². The highest BCUT2D eigenvalue weighted by Gasteiger charge is 2.21. The molecule has 0 spiro atoms. The Morgan fingerprint density at radius 2 is 1.64 bits per heavy atom. The van der Waals surface area contributed by atoms with E-state index in [0.717, 1.165) is 5.56 Å². The zero-order valence-electron chi connectivity index (χ0n) is 15.4. The first-order valence-corrected chi connectivity index (χ1v) is 8.67. The maximum Gasteiger partial charge on any atom is 0.509 e. The van der Waals surface area contributed by atoms with Crippen molar-refractivity contribution < 1.29 is 28.6 Å². The third-order valence-electron chi connectivity index (χ3n) is 3.65. The summed E-state index contributed by atoms with van der Waals surface area (Å²) in [6, 6.07) is 16.0. The second-order valence-corrected chi connectivity index (χ2v) is 5.78.